The van der Waals surface area contributed by atoms with E-state index in [4.69, 9.17) is 22.9 Å². The molecule has 8 atom stereocenters. The van der Waals surface area contributed by atoms with Gasteiger partial charge in [-0.15, -0.1) is 0 Å². The minimum Gasteiger partial charge on any atom is -0.396 e. The van der Waals surface area contributed by atoms with Gasteiger partial charge in [0.25, 0.3) is 0 Å². The molecule has 0 aliphatic carbocycles. The summed E-state index contributed by atoms with van der Waals surface area (Å²) in [5.74, 6) is -9.76. The lowest BCUT2D eigenvalue weighted by Crippen LogP contribution is -2.51. The van der Waals surface area contributed by atoms with Crippen molar-refractivity contribution in [1.82, 2.24) is 36.6 Å². The number of nitrogens with two attached hydrogens (primary N) is 4. The molecule has 0 fully saturated rings. The molecule has 0 aliphatic rings. The fourth-order valence-corrected chi connectivity index (χ4v) is 9.37. The molecular formula is C57H101N13O12. The Morgan fingerprint density at radius 2 is 1.11 bits per heavy atom. The Morgan fingerprint density at radius 3 is 1.62 bits per heavy atom. The molecule has 0 radical (unpaired) electrons. The summed E-state index contributed by atoms with van der Waals surface area (Å²) in [6.07, 6.45) is 15.7. The van der Waals surface area contributed by atoms with Crippen molar-refractivity contribution < 1.29 is 58.5 Å². The molecule has 0 saturated carbocycles. The largest absolute Gasteiger partial charge is 0.396 e. The molecular weight excluding hydrogens is 1060 g/mol. The zero-order chi connectivity index (χ0) is 61.4. The molecule has 1 aromatic heterocycles. The summed E-state index contributed by atoms with van der Waals surface area (Å²) in [7, 11) is 0. The number of H-pyrrole nitrogens is 1. The first-order chi connectivity index (χ1) is 39.1. The van der Waals surface area contributed by atoms with Gasteiger partial charge in [0.15, 0.2) is 35.1 Å². The normalized spacial score (nSPS) is 14.2. The standard InChI is InChI=1S/C57H101N13O12/c1-6-8-9-10-11-12-13-14-15-16-17-18-19-24-50(78)67-46(35-72)55(82)65-33-43(74)28-39(22-20-25-63-56(58)59)52(79)68-44(23-21-26-64-57(60)61)48(76)29-40(27-37(3)4)53(80)69-45(31-42-32-62-36-66-42)49(77)30-41(34-71)54(81)70-51(38(5)73)47(75)7-2/h32,36-41,44-46,51,71-73H,6-31,33-35H2,1-5H3,(H,62,66)(H,65,82)(H,67,78)(H,68,79)(H,69,80)(H,70,81)(H4,58,59,63)(H4,60,61,64)/t38-,39-,40-,41+,44+,45+,46+,51+/m1/s1. The number of guanidine groups is 2. The van der Waals surface area contributed by atoms with Crippen molar-refractivity contribution >= 4 is 64.6 Å². The predicted octanol–water partition coefficient (Wildman–Crippen LogP) is 1.71. The van der Waals surface area contributed by atoms with E-state index in [1.54, 1.807) is 6.92 Å². The number of aliphatic hydroxyl groups is 3. The van der Waals surface area contributed by atoms with Gasteiger partial charge in [-0.2, -0.15) is 0 Å². The molecule has 0 saturated heterocycles. The van der Waals surface area contributed by atoms with Crippen LogP contribution in [0.15, 0.2) is 22.5 Å². The van der Waals surface area contributed by atoms with Crippen LogP contribution in [0.25, 0.3) is 0 Å². The zero-order valence-corrected chi connectivity index (χ0v) is 49.5. The molecule has 25 heteroatoms. The van der Waals surface area contributed by atoms with Crippen molar-refractivity contribution in [3.63, 3.8) is 0 Å². The SMILES string of the molecule is CCCCCCCCCCCCCCCC(=O)N[C@@H](CO)C(=O)NCC(=O)C[C@@H](CCCN=C(N)N)C(=O)N[C@@H](CCCN=C(N)N)C(=O)C[C@@H](CC(C)C)C(=O)N[C@@H](Cc1cnc[nH]1)C(=O)C[C@@H](CO)C(=O)N[C@H](C(=O)CC)[C@@H](C)O. The molecule has 1 aromatic rings. The summed E-state index contributed by atoms with van der Waals surface area (Å²) in [6.45, 7) is 6.85. The maximum atomic E-state index is 14.5. The fourth-order valence-electron chi connectivity index (χ4n) is 9.37. The Bertz CT molecular complexity index is 2130. The smallest absolute Gasteiger partial charge is 0.245 e. The van der Waals surface area contributed by atoms with Gasteiger partial charge in [0.2, 0.25) is 29.5 Å². The van der Waals surface area contributed by atoms with Crippen LogP contribution < -0.4 is 49.5 Å². The van der Waals surface area contributed by atoms with Crippen molar-refractivity contribution in [3.05, 3.63) is 18.2 Å². The Labute approximate surface area is 484 Å². The lowest BCUT2D eigenvalue weighted by atomic mass is 9.87. The number of carbonyl (C=O) groups is 9. The Kier molecular flexibility index (Phi) is 39.0. The van der Waals surface area contributed by atoms with E-state index in [9.17, 15) is 58.5 Å². The van der Waals surface area contributed by atoms with Gasteiger partial charge in [0.05, 0.1) is 50.2 Å². The van der Waals surface area contributed by atoms with Crippen LogP contribution in [-0.4, -0.2) is 153 Å². The van der Waals surface area contributed by atoms with Gasteiger partial charge in [0, 0.05) is 75.3 Å². The van der Waals surface area contributed by atoms with E-state index < -0.39 is 140 Å². The van der Waals surface area contributed by atoms with E-state index in [2.05, 4.69) is 53.5 Å². The molecule has 0 aliphatic heterocycles. The molecule has 1 heterocycles. The number of nitrogens with zero attached hydrogens (tertiary/aromatic N) is 3. The fraction of sp³-hybridized carbons (Fsp3) is 0.754. The molecule has 0 unspecified atom stereocenters. The summed E-state index contributed by atoms with van der Waals surface area (Å²) in [5, 5.41) is 43.3. The minimum atomic E-state index is -1.36. The maximum absolute atomic E-state index is 14.5. The van der Waals surface area contributed by atoms with E-state index in [1.807, 2.05) is 13.8 Å². The Morgan fingerprint density at radius 1 is 0.585 bits per heavy atom. The second-order valence-corrected chi connectivity index (χ2v) is 21.8. The third kappa shape index (κ3) is 32.9. The molecule has 466 valence electrons. The average Bonchev–Trinajstić information content (AvgIpc) is 4.01. The van der Waals surface area contributed by atoms with E-state index >= 15 is 0 Å². The Hall–Kier alpha value is -6.34. The molecule has 17 N–H and O–H groups in total. The number of aromatic amines is 1. The van der Waals surface area contributed by atoms with Crippen molar-refractivity contribution in [2.45, 2.75) is 219 Å². The molecule has 25 nitrogen and oxygen atoms in total. The molecule has 0 bridgehead atoms. The number of rotatable bonds is 49. The van der Waals surface area contributed by atoms with Gasteiger partial charge >= 0.3 is 0 Å². The van der Waals surface area contributed by atoms with Crippen LogP contribution in [0.3, 0.4) is 0 Å². The van der Waals surface area contributed by atoms with Crippen LogP contribution in [0.2, 0.25) is 0 Å². The Balaban J connectivity index is 3.22. The highest BCUT2D eigenvalue weighted by Crippen LogP contribution is 2.22. The first kappa shape index (κ1) is 73.7. The number of aliphatic hydroxyl groups excluding tert-OH is 3. The van der Waals surface area contributed by atoms with E-state index in [-0.39, 0.29) is 82.3 Å². The van der Waals surface area contributed by atoms with Crippen LogP contribution in [-0.2, 0) is 49.6 Å². The third-order valence-electron chi connectivity index (χ3n) is 14.1. The number of ketones is 4. The highest BCUT2D eigenvalue weighted by molar-refractivity contribution is 5.97. The maximum Gasteiger partial charge on any atom is 0.245 e. The number of imidazole rings is 1. The topological polar surface area (TPSA) is 432 Å². The molecule has 0 aromatic carbocycles. The number of amides is 5. The van der Waals surface area contributed by atoms with E-state index in [0.29, 0.717) is 12.1 Å². The predicted molar refractivity (Wildman–Crippen MR) is 313 cm³/mol. The molecule has 5 amide bonds. The van der Waals surface area contributed by atoms with Crippen molar-refractivity contribution in [2.24, 2.45) is 56.6 Å². The number of nitrogens with one attached hydrogen (secondary N) is 6. The van der Waals surface area contributed by atoms with E-state index in [0.717, 1.165) is 25.7 Å². The molecule has 1 rings (SSSR count). The minimum absolute atomic E-state index is 0.00103. The summed E-state index contributed by atoms with van der Waals surface area (Å²) in [5.41, 5.74) is 22.6. The van der Waals surface area contributed by atoms with Crippen molar-refractivity contribution in [2.75, 3.05) is 32.8 Å². The number of Topliss-reactive ketones (excluding diaryl/α,β-unsaturated/α-hetero) is 4. The zero-order valence-electron chi connectivity index (χ0n) is 49.5. The number of aliphatic imine (C=N–C) groups is 2. The number of hydrogen-bond acceptors (Lipinski definition) is 15. The average molecular weight is 1160 g/mol. The van der Waals surface area contributed by atoms with E-state index in [1.165, 1.54) is 70.8 Å². The van der Waals surface area contributed by atoms with Crippen LogP contribution in [0.1, 0.15) is 188 Å². The second kappa shape index (κ2) is 43.4. The van der Waals surface area contributed by atoms with Gasteiger partial charge in [-0.1, -0.05) is 105 Å². The third-order valence-corrected chi connectivity index (χ3v) is 14.1. The lowest BCUT2D eigenvalue weighted by Gasteiger charge is -2.26. The highest BCUT2D eigenvalue weighted by atomic mass is 16.3. The van der Waals surface area contributed by atoms with Crippen LogP contribution in [0, 0.1) is 23.7 Å². The number of aromatic nitrogens is 2. The van der Waals surface area contributed by atoms with Crippen LogP contribution >= 0.6 is 0 Å². The quantitative estimate of drug-likeness (QED) is 0.0251. The molecule has 0 spiro atoms. The van der Waals surface area contributed by atoms with Crippen molar-refractivity contribution in [3.8, 4) is 0 Å². The summed E-state index contributed by atoms with van der Waals surface area (Å²) >= 11 is 0. The van der Waals surface area contributed by atoms with Gasteiger partial charge in [0.1, 0.15) is 12.1 Å². The van der Waals surface area contributed by atoms with Crippen LogP contribution in [0.5, 0.6) is 0 Å². The first-order valence-corrected chi connectivity index (χ1v) is 29.6. The second-order valence-electron chi connectivity index (χ2n) is 21.8. The number of hydrogen-bond donors (Lipinski definition) is 13. The number of unbranched alkanes of at least 4 members (excludes halogenated alkanes) is 12. The summed E-state index contributed by atoms with van der Waals surface area (Å²) in [4.78, 5) is 137. The van der Waals surface area contributed by atoms with Crippen LogP contribution in [0.4, 0.5) is 0 Å². The van der Waals surface area contributed by atoms with Gasteiger partial charge in [-0.05, 0) is 51.4 Å². The van der Waals surface area contributed by atoms with Crippen molar-refractivity contribution in [1.29, 1.82) is 0 Å². The van der Waals surface area contributed by atoms with Gasteiger partial charge in [-0.3, -0.25) is 53.1 Å². The number of carbonyl (C=O) groups excluding carboxylic acids is 9. The summed E-state index contributed by atoms with van der Waals surface area (Å²) in [6, 6.07) is -5.13. The van der Waals surface area contributed by atoms with Gasteiger partial charge in [-0.25, -0.2) is 4.98 Å². The molecule has 82 heavy (non-hydrogen) atoms. The monoisotopic (exact) mass is 1160 g/mol. The first-order valence-electron chi connectivity index (χ1n) is 29.6. The lowest BCUT2D eigenvalue weighted by molar-refractivity contribution is -0.137. The van der Waals surface area contributed by atoms with Gasteiger partial charge < -0.3 is 69.8 Å². The highest BCUT2D eigenvalue weighted by Gasteiger charge is 2.35. The summed E-state index contributed by atoms with van der Waals surface area (Å²) < 4.78 is 0.